The van der Waals surface area contributed by atoms with Gasteiger partial charge in [0.1, 0.15) is 12.2 Å². The summed E-state index contributed by atoms with van der Waals surface area (Å²) in [6.45, 7) is 9.60. The van der Waals surface area contributed by atoms with E-state index in [0.717, 1.165) is 48.7 Å². The zero-order chi connectivity index (χ0) is 18.2. The molecule has 0 aromatic carbocycles. The summed E-state index contributed by atoms with van der Waals surface area (Å²) < 4.78 is 2.89. The van der Waals surface area contributed by atoms with Crippen LogP contribution in [0.4, 0.5) is 0 Å². The highest BCUT2D eigenvalue weighted by Crippen LogP contribution is 2.22. The van der Waals surface area contributed by atoms with Crippen molar-refractivity contribution in [1.29, 1.82) is 0 Å². The quantitative estimate of drug-likeness (QED) is 0.332. The molecule has 0 bridgehead atoms. The standard InChI is InChI=1S/C17H27ClN6S.HI/c1-5-16-22-21-12-24(16)9-8-19-17(20-10-13(2)3)23(4)11-14-6-7-15(18)25-14;/h6-7,12-13H,5,8-11H2,1-4H3,(H,19,20);1H. The maximum absolute atomic E-state index is 6.03. The van der Waals surface area contributed by atoms with Gasteiger partial charge >= 0.3 is 0 Å². The van der Waals surface area contributed by atoms with Gasteiger partial charge in [0.05, 0.1) is 10.9 Å². The lowest BCUT2D eigenvalue weighted by molar-refractivity contribution is 0.471. The smallest absolute Gasteiger partial charge is 0.194 e. The van der Waals surface area contributed by atoms with Crippen molar-refractivity contribution < 1.29 is 0 Å². The number of aryl methyl sites for hydroxylation is 1. The van der Waals surface area contributed by atoms with Crippen LogP contribution in [0, 0.1) is 5.92 Å². The fourth-order valence-corrected chi connectivity index (χ4v) is 3.49. The first-order valence-electron chi connectivity index (χ1n) is 8.60. The van der Waals surface area contributed by atoms with Crippen molar-refractivity contribution in [3.63, 3.8) is 0 Å². The third-order valence-corrected chi connectivity index (χ3v) is 4.85. The van der Waals surface area contributed by atoms with E-state index in [4.69, 9.17) is 16.6 Å². The third kappa shape index (κ3) is 7.40. The van der Waals surface area contributed by atoms with Crippen LogP contribution in [0.3, 0.4) is 0 Å². The van der Waals surface area contributed by atoms with Gasteiger partial charge in [-0.25, -0.2) is 0 Å². The molecule has 1 N–H and O–H groups in total. The monoisotopic (exact) mass is 510 g/mol. The lowest BCUT2D eigenvalue weighted by Crippen LogP contribution is -2.40. The van der Waals surface area contributed by atoms with Crippen LogP contribution in [0.2, 0.25) is 4.34 Å². The van der Waals surface area contributed by atoms with E-state index < -0.39 is 0 Å². The second-order valence-electron chi connectivity index (χ2n) is 6.34. The largest absolute Gasteiger partial charge is 0.354 e. The van der Waals surface area contributed by atoms with Gasteiger partial charge in [0.25, 0.3) is 0 Å². The van der Waals surface area contributed by atoms with Crippen LogP contribution in [0.15, 0.2) is 23.5 Å². The van der Waals surface area contributed by atoms with Gasteiger partial charge in [-0.3, -0.25) is 4.99 Å². The van der Waals surface area contributed by atoms with Gasteiger partial charge < -0.3 is 14.8 Å². The van der Waals surface area contributed by atoms with Gasteiger partial charge in [-0.15, -0.1) is 45.5 Å². The SMILES string of the molecule is CCc1nncn1CCNC(=NCC(C)C)N(C)Cc1ccc(Cl)s1.I. The lowest BCUT2D eigenvalue weighted by Gasteiger charge is -2.22. The Hall–Kier alpha value is -0.870. The van der Waals surface area contributed by atoms with Crippen molar-refractivity contribution in [2.75, 3.05) is 20.1 Å². The molecule has 0 amide bonds. The van der Waals surface area contributed by atoms with Gasteiger partial charge in [-0.1, -0.05) is 32.4 Å². The molecule has 146 valence electrons. The summed E-state index contributed by atoms with van der Waals surface area (Å²) in [5.41, 5.74) is 0. The first-order chi connectivity index (χ1) is 12.0. The fourth-order valence-electron chi connectivity index (χ4n) is 2.35. The predicted octanol–water partition coefficient (Wildman–Crippen LogP) is 3.91. The lowest BCUT2D eigenvalue weighted by atomic mass is 10.2. The van der Waals surface area contributed by atoms with E-state index in [1.54, 1.807) is 17.7 Å². The van der Waals surface area contributed by atoms with Crippen molar-refractivity contribution in [2.45, 2.75) is 40.3 Å². The molecule has 6 nitrogen and oxygen atoms in total. The van der Waals surface area contributed by atoms with Crippen LogP contribution >= 0.6 is 46.9 Å². The Balaban J connectivity index is 0.00000338. The van der Waals surface area contributed by atoms with Gasteiger partial charge in [0, 0.05) is 38.0 Å². The van der Waals surface area contributed by atoms with Crippen molar-refractivity contribution in [2.24, 2.45) is 10.9 Å². The minimum Gasteiger partial charge on any atom is -0.354 e. The van der Waals surface area contributed by atoms with Crippen LogP contribution < -0.4 is 5.32 Å². The van der Waals surface area contributed by atoms with Gasteiger partial charge in [-0.05, 0) is 18.1 Å². The molecule has 2 rings (SSSR count). The third-order valence-electron chi connectivity index (χ3n) is 3.64. The zero-order valence-electron chi connectivity index (χ0n) is 15.8. The number of halogens is 2. The average Bonchev–Trinajstić information content (AvgIpc) is 3.18. The highest BCUT2D eigenvalue weighted by molar-refractivity contribution is 14.0. The van der Waals surface area contributed by atoms with Crippen molar-refractivity contribution in [3.8, 4) is 0 Å². The van der Waals surface area contributed by atoms with Crippen molar-refractivity contribution >= 4 is 52.9 Å². The maximum atomic E-state index is 6.03. The summed E-state index contributed by atoms with van der Waals surface area (Å²) in [5, 5.41) is 11.6. The van der Waals surface area contributed by atoms with Gasteiger partial charge in [0.15, 0.2) is 5.96 Å². The molecule has 0 saturated heterocycles. The molecule has 2 aromatic rings. The molecule has 0 fully saturated rings. The maximum Gasteiger partial charge on any atom is 0.194 e. The van der Waals surface area contributed by atoms with E-state index in [2.05, 4.69) is 58.9 Å². The zero-order valence-corrected chi connectivity index (χ0v) is 19.7. The number of guanidine groups is 1. The number of rotatable bonds is 8. The molecule has 2 heterocycles. The molecule has 0 atom stereocenters. The van der Waals surface area contributed by atoms with E-state index >= 15 is 0 Å². The number of hydrogen-bond donors (Lipinski definition) is 1. The normalized spacial score (nSPS) is 11.5. The van der Waals surface area contributed by atoms with E-state index in [1.165, 1.54) is 4.88 Å². The van der Waals surface area contributed by atoms with Crippen LogP contribution in [0.25, 0.3) is 0 Å². The molecule has 0 aliphatic carbocycles. The molecular weight excluding hydrogens is 483 g/mol. The van der Waals surface area contributed by atoms with Gasteiger partial charge in [-0.2, -0.15) is 0 Å². The molecule has 0 unspecified atom stereocenters. The Morgan fingerprint density at radius 2 is 2.19 bits per heavy atom. The number of aromatic nitrogens is 3. The second kappa shape index (κ2) is 11.8. The van der Waals surface area contributed by atoms with Crippen LogP contribution in [-0.4, -0.2) is 45.8 Å². The Morgan fingerprint density at radius 1 is 1.42 bits per heavy atom. The number of nitrogens with zero attached hydrogens (tertiary/aromatic N) is 5. The van der Waals surface area contributed by atoms with Crippen LogP contribution in [0.5, 0.6) is 0 Å². The molecule has 9 heteroatoms. The summed E-state index contributed by atoms with van der Waals surface area (Å²) in [5.74, 6) is 2.43. The van der Waals surface area contributed by atoms with E-state index in [9.17, 15) is 0 Å². The Kier molecular flexibility index (Phi) is 10.5. The molecule has 0 saturated carbocycles. The second-order valence-corrected chi connectivity index (χ2v) is 8.14. The molecule has 0 spiro atoms. The highest BCUT2D eigenvalue weighted by Gasteiger charge is 2.10. The minimum atomic E-state index is 0. The summed E-state index contributed by atoms with van der Waals surface area (Å²) in [6.07, 6.45) is 2.66. The first kappa shape index (κ1) is 23.2. The molecular formula is C17H28ClIN6S. The van der Waals surface area contributed by atoms with Crippen LogP contribution in [-0.2, 0) is 19.5 Å². The van der Waals surface area contributed by atoms with Crippen molar-refractivity contribution in [1.82, 2.24) is 25.0 Å². The summed E-state index contributed by atoms with van der Waals surface area (Å²) in [6, 6.07) is 4.00. The highest BCUT2D eigenvalue weighted by atomic mass is 127. The number of aliphatic imine (C=N–C) groups is 1. The van der Waals surface area contributed by atoms with Crippen LogP contribution in [0.1, 0.15) is 31.5 Å². The molecule has 0 aliphatic rings. The van der Waals surface area contributed by atoms with Crippen molar-refractivity contribution in [3.05, 3.63) is 33.5 Å². The fraction of sp³-hybridized carbons (Fsp3) is 0.588. The Labute approximate surface area is 182 Å². The molecule has 2 aromatic heterocycles. The van der Waals surface area contributed by atoms with E-state index in [0.29, 0.717) is 5.92 Å². The van der Waals surface area contributed by atoms with Gasteiger partial charge in [0.2, 0.25) is 0 Å². The minimum absolute atomic E-state index is 0. The van der Waals surface area contributed by atoms with E-state index in [-0.39, 0.29) is 24.0 Å². The number of thiophene rings is 1. The average molecular weight is 511 g/mol. The molecule has 0 aliphatic heterocycles. The number of hydrogen-bond acceptors (Lipinski definition) is 4. The van der Waals surface area contributed by atoms with E-state index in [1.807, 2.05) is 6.07 Å². The number of nitrogens with one attached hydrogen (secondary N) is 1. The summed E-state index contributed by atoms with van der Waals surface area (Å²) in [7, 11) is 2.05. The Bertz CT molecular complexity index is 684. The predicted molar refractivity (Wildman–Crippen MR) is 121 cm³/mol. The molecule has 26 heavy (non-hydrogen) atoms. The topological polar surface area (TPSA) is 58.3 Å². The summed E-state index contributed by atoms with van der Waals surface area (Å²) >= 11 is 7.64. The Morgan fingerprint density at radius 3 is 2.81 bits per heavy atom. The first-order valence-corrected chi connectivity index (χ1v) is 9.79. The summed E-state index contributed by atoms with van der Waals surface area (Å²) in [4.78, 5) is 8.11. The molecule has 0 radical (unpaired) electrons.